The summed E-state index contributed by atoms with van der Waals surface area (Å²) in [4.78, 5) is 14.2. The fourth-order valence-corrected chi connectivity index (χ4v) is 3.96. The summed E-state index contributed by atoms with van der Waals surface area (Å²) in [5.41, 5.74) is 0.404. The molecule has 6 heteroatoms. The molecule has 2 aliphatic heterocycles. The van der Waals surface area contributed by atoms with Crippen molar-refractivity contribution in [3.05, 3.63) is 11.5 Å². The van der Waals surface area contributed by atoms with Gasteiger partial charge < -0.3 is 18.9 Å². The highest BCUT2D eigenvalue weighted by Crippen LogP contribution is 2.46. The van der Waals surface area contributed by atoms with Crippen molar-refractivity contribution in [1.29, 1.82) is 0 Å². The molecule has 1 amide bonds. The smallest absolute Gasteiger partial charge is 0.444 e. The molecule has 0 aromatic carbocycles. The van der Waals surface area contributed by atoms with Crippen molar-refractivity contribution in [3.63, 3.8) is 0 Å². The molecule has 26 heavy (non-hydrogen) atoms. The molecular weight excluding hydrogens is 329 g/mol. The normalized spacial score (nSPS) is 30.7. The first-order chi connectivity index (χ1) is 11.8. The molecule has 1 unspecified atom stereocenters. The van der Waals surface area contributed by atoms with Crippen LogP contribution in [0.5, 0.6) is 0 Å². The Labute approximate surface area is 158 Å². The lowest BCUT2D eigenvalue weighted by Gasteiger charge is -2.33. The fourth-order valence-electron chi connectivity index (χ4n) is 3.96. The quantitative estimate of drug-likeness (QED) is 0.650. The summed E-state index contributed by atoms with van der Waals surface area (Å²) in [6.07, 6.45) is 6.17. The first-order valence-electron chi connectivity index (χ1n) is 9.85. The van der Waals surface area contributed by atoms with E-state index in [9.17, 15) is 4.79 Å². The zero-order valence-corrected chi connectivity index (χ0v) is 17.5. The van der Waals surface area contributed by atoms with Gasteiger partial charge in [0, 0.05) is 13.1 Å². The Bertz CT molecular complexity index is 591. The molecule has 3 aliphatic rings. The van der Waals surface area contributed by atoms with E-state index in [-0.39, 0.29) is 29.8 Å². The van der Waals surface area contributed by atoms with Gasteiger partial charge in [-0.3, -0.25) is 0 Å². The van der Waals surface area contributed by atoms with Crippen molar-refractivity contribution >= 4 is 13.2 Å². The Morgan fingerprint density at radius 1 is 1.15 bits per heavy atom. The summed E-state index contributed by atoms with van der Waals surface area (Å²) in [6.45, 7) is 15.7. The monoisotopic (exact) mass is 363 g/mol. The molecule has 3 rings (SSSR count). The number of rotatable bonds is 1. The van der Waals surface area contributed by atoms with Crippen LogP contribution in [0.25, 0.3) is 0 Å². The summed E-state index contributed by atoms with van der Waals surface area (Å²) in [6, 6.07) is 0. The van der Waals surface area contributed by atoms with Gasteiger partial charge in [0.25, 0.3) is 0 Å². The Kier molecular flexibility index (Phi) is 4.76. The third-order valence-electron chi connectivity index (χ3n) is 6.39. The van der Waals surface area contributed by atoms with E-state index in [4.69, 9.17) is 14.0 Å². The van der Waals surface area contributed by atoms with Crippen molar-refractivity contribution in [2.75, 3.05) is 13.1 Å². The van der Waals surface area contributed by atoms with Crippen LogP contribution in [0.2, 0.25) is 0 Å². The average Bonchev–Trinajstić information content (AvgIpc) is 2.98. The summed E-state index contributed by atoms with van der Waals surface area (Å²) in [5.74, 6) is 0. The summed E-state index contributed by atoms with van der Waals surface area (Å²) >= 11 is 0. The van der Waals surface area contributed by atoms with Crippen LogP contribution in [0.3, 0.4) is 0 Å². The Morgan fingerprint density at radius 2 is 1.77 bits per heavy atom. The molecule has 0 bridgehead atoms. The highest BCUT2D eigenvalue weighted by molar-refractivity contribution is 6.54. The summed E-state index contributed by atoms with van der Waals surface area (Å²) in [5, 5.41) is 0. The fraction of sp³-hybridized carbons (Fsp3) is 0.850. The minimum absolute atomic E-state index is 0.185. The second-order valence-electron chi connectivity index (χ2n) is 10.2. The number of likely N-dealkylation sites (tertiary alicyclic amines) is 1. The standard InChI is InChI=1S/C20H34BNO4/c1-17(2,3)24-16(23)22-13-12-20(14-22)10-8-15(9-11-20)21-25-18(4,5)19(6,7)26-21/h8H,9-14H2,1-7H3. The van der Waals surface area contributed by atoms with Crippen LogP contribution in [0, 0.1) is 5.41 Å². The van der Waals surface area contributed by atoms with E-state index in [0.717, 1.165) is 38.8 Å². The predicted octanol–water partition coefficient (Wildman–Crippen LogP) is 4.36. The molecule has 1 spiro atoms. The molecule has 2 heterocycles. The number of hydrogen-bond acceptors (Lipinski definition) is 4. The van der Waals surface area contributed by atoms with E-state index in [0.29, 0.717) is 0 Å². The third-order valence-corrected chi connectivity index (χ3v) is 6.39. The molecule has 0 N–H and O–H groups in total. The van der Waals surface area contributed by atoms with Crippen LogP contribution in [-0.2, 0) is 14.0 Å². The van der Waals surface area contributed by atoms with Gasteiger partial charge in [-0.25, -0.2) is 4.79 Å². The second kappa shape index (κ2) is 6.27. The molecule has 1 aliphatic carbocycles. The van der Waals surface area contributed by atoms with Crippen LogP contribution in [0.1, 0.15) is 74.1 Å². The van der Waals surface area contributed by atoms with Crippen LogP contribution in [-0.4, -0.2) is 48.0 Å². The van der Waals surface area contributed by atoms with Crippen LogP contribution >= 0.6 is 0 Å². The third kappa shape index (κ3) is 3.82. The molecular formula is C20H34BNO4. The Balaban J connectivity index is 1.61. The molecule has 1 atom stereocenters. The minimum atomic E-state index is -0.441. The average molecular weight is 363 g/mol. The number of allylic oxidation sites excluding steroid dienone is 2. The number of carbonyl (C=O) groups excluding carboxylic acids is 1. The number of carbonyl (C=O) groups is 1. The van der Waals surface area contributed by atoms with Gasteiger partial charge in [0.1, 0.15) is 5.60 Å². The highest BCUT2D eigenvalue weighted by atomic mass is 16.7. The van der Waals surface area contributed by atoms with Gasteiger partial charge in [-0.05, 0) is 85.0 Å². The SMILES string of the molecule is CC(C)(C)OC(=O)N1CCC2(CC=C(B3OC(C)(C)C(C)(C)O3)CC2)C1. The lowest BCUT2D eigenvalue weighted by Crippen LogP contribution is -2.41. The lowest BCUT2D eigenvalue weighted by atomic mass is 9.65. The van der Waals surface area contributed by atoms with E-state index in [1.807, 2.05) is 25.7 Å². The summed E-state index contributed by atoms with van der Waals surface area (Å²) < 4.78 is 17.9. The molecule has 0 aromatic rings. The molecule has 2 saturated heterocycles. The summed E-state index contributed by atoms with van der Waals surface area (Å²) in [7, 11) is -0.235. The second-order valence-corrected chi connectivity index (χ2v) is 10.2. The van der Waals surface area contributed by atoms with Crippen molar-refractivity contribution in [2.24, 2.45) is 5.41 Å². The van der Waals surface area contributed by atoms with Crippen LogP contribution < -0.4 is 0 Å². The first-order valence-corrected chi connectivity index (χ1v) is 9.85. The Morgan fingerprint density at radius 3 is 2.27 bits per heavy atom. The number of amides is 1. The van der Waals surface area contributed by atoms with Gasteiger partial charge in [-0.15, -0.1) is 0 Å². The zero-order chi connectivity index (χ0) is 19.4. The van der Waals surface area contributed by atoms with E-state index >= 15 is 0 Å². The molecule has 5 nitrogen and oxygen atoms in total. The largest absolute Gasteiger partial charge is 0.490 e. The van der Waals surface area contributed by atoms with Gasteiger partial charge >= 0.3 is 13.2 Å². The van der Waals surface area contributed by atoms with E-state index < -0.39 is 5.60 Å². The maximum Gasteiger partial charge on any atom is 0.490 e. The van der Waals surface area contributed by atoms with E-state index in [2.05, 4.69) is 33.8 Å². The van der Waals surface area contributed by atoms with Gasteiger partial charge in [-0.1, -0.05) is 6.08 Å². The minimum Gasteiger partial charge on any atom is -0.444 e. The predicted molar refractivity (Wildman–Crippen MR) is 103 cm³/mol. The van der Waals surface area contributed by atoms with Gasteiger partial charge in [0.2, 0.25) is 0 Å². The Hall–Kier alpha value is -1.01. The van der Waals surface area contributed by atoms with Gasteiger partial charge in [0.05, 0.1) is 11.2 Å². The highest BCUT2D eigenvalue weighted by Gasteiger charge is 2.53. The first kappa shape index (κ1) is 19.7. The van der Waals surface area contributed by atoms with Gasteiger partial charge in [-0.2, -0.15) is 0 Å². The molecule has 0 saturated carbocycles. The lowest BCUT2D eigenvalue weighted by molar-refractivity contribution is 0.00578. The molecule has 0 aromatic heterocycles. The van der Waals surface area contributed by atoms with Gasteiger partial charge in [0.15, 0.2) is 0 Å². The van der Waals surface area contributed by atoms with Crippen molar-refractivity contribution < 1.29 is 18.8 Å². The van der Waals surface area contributed by atoms with Crippen molar-refractivity contribution in [3.8, 4) is 0 Å². The molecule has 0 radical (unpaired) electrons. The zero-order valence-electron chi connectivity index (χ0n) is 17.5. The van der Waals surface area contributed by atoms with Crippen molar-refractivity contribution in [2.45, 2.75) is 91.0 Å². The van der Waals surface area contributed by atoms with E-state index in [1.54, 1.807) is 0 Å². The van der Waals surface area contributed by atoms with Crippen LogP contribution in [0.4, 0.5) is 4.79 Å². The molecule has 2 fully saturated rings. The number of hydrogen-bond donors (Lipinski definition) is 0. The van der Waals surface area contributed by atoms with Crippen LogP contribution in [0.15, 0.2) is 11.5 Å². The number of ether oxygens (including phenoxy) is 1. The van der Waals surface area contributed by atoms with E-state index in [1.165, 1.54) is 5.47 Å². The molecule has 146 valence electrons. The van der Waals surface area contributed by atoms with Crippen molar-refractivity contribution in [1.82, 2.24) is 4.90 Å². The topological polar surface area (TPSA) is 48.0 Å². The maximum absolute atomic E-state index is 12.4. The number of nitrogens with zero attached hydrogens (tertiary/aromatic N) is 1. The maximum atomic E-state index is 12.4.